The first kappa shape index (κ1) is 21.8. The quantitative estimate of drug-likeness (QED) is 0.627. The van der Waals surface area contributed by atoms with Gasteiger partial charge in [-0.15, -0.1) is 0 Å². The lowest BCUT2D eigenvalue weighted by atomic mass is 9.48. The maximum absolute atomic E-state index is 12.6. The molecule has 0 radical (unpaired) electrons. The van der Waals surface area contributed by atoms with Gasteiger partial charge in [-0.05, 0) is 91.5 Å². The summed E-state index contributed by atoms with van der Waals surface area (Å²) in [6.45, 7) is -0.305. The molecule has 0 spiro atoms. The van der Waals surface area contributed by atoms with Crippen LogP contribution in [0.25, 0.3) is 0 Å². The van der Waals surface area contributed by atoms with Crippen molar-refractivity contribution < 1.29 is 13.2 Å². The highest BCUT2D eigenvalue weighted by Gasteiger charge is 2.51. The zero-order valence-electron chi connectivity index (χ0n) is 18.3. The van der Waals surface area contributed by atoms with Crippen LogP contribution in [0.4, 0.5) is 11.4 Å². The maximum atomic E-state index is 12.6. The fourth-order valence-corrected chi connectivity index (χ4v) is 7.77. The van der Waals surface area contributed by atoms with Crippen LogP contribution in [-0.4, -0.2) is 27.1 Å². The molecule has 4 bridgehead atoms. The highest BCUT2D eigenvalue weighted by atomic mass is 35.5. The second-order valence-corrected chi connectivity index (χ2v) is 12.4. The molecule has 4 saturated carbocycles. The highest BCUT2D eigenvalue weighted by molar-refractivity contribution is 7.92. The minimum atomic E-state index is -3.63. The normalized spacial score (nSPS) is 28.5. The Bertz CT molecular complexity index is 1090. The van der Waals surface area contributed by atoms with Gasteiger partial charge in [0.2, 0.25) is 15.9 Å². The predicted molar refractivity (Wildman–Crippen MR) is 129 cm³/mol. The minimum Gasteiger partial charge on any atom is -0.323 e. The van der Waals surface area contributed by atoms with Gasteiger partial charge in [-0.25, -0.2) is 8.42 Å². The Morgan fingerprint density at radius 2 is 1.56 bits per heavy atom. The number of halogens is 1. The van der Waals surface area contributed by atoms with Gasteiger partial charge in [-0.1, -0.05) is 35.9 Å². The van der Waals surface area contributed by atoms with Gasteiger partial charge >= 0.3 is 0 Å². The van der Waals surface area contributed by atoms with E-state index < -0.39 is 15.9 Å². The summed E-state index contributed by atoms with van der Waals surface area (Å²) in [5, 5.41) is 3.11. The van der Waals surface area contributed by atoms with E-state index in [9.17, 15) is 13.2 Å². The van der Waals surface area contributed by atoms with Crippen LogP contribution in [0.2, 0.25) is 5.02 Å². The Labute approximate surface area is 195 Å². The molecule has 4 aliphatic rings. The van der Waals surface area contributed by atoms with E-state index >= 15 is 0 Å². The molecule has 4 fully saturated rings. The van der Waals surface area contributed by atoms with Crippen LogP contribution in [0.5, 0.6) is 0 Å². The highest BCUT2D eigenvalue weighted by Crippen LogP contribution is 2.60. The standard InChI is InChI=1S/C25H29ClN2O3S/c1-32(30,31)28(16-24(29)27-23-5-3-2-4-22(23)26)21-8-6-20(7-9-21)25-13-17-10-18(14-25)12-19(11-17)15-25/h2-9,17-19H,10-16H2,1H3,(H,27,29). The third-order valence-electron chi connectivity index (χ3n) is 7.64. The Kier molecular flexibility index (Phi) is 5.49. The van der Waals surface area contributed by atoms with E-state index in [4.69, 9.17) is 11.6 Å². The van der Waals surface area contributed by atoms with Crippen LogP contribution >= 0.6 is 11.6 Å². The van der Waals surface area contributed by atoms with Crippen LogP contribution in [0.3, 0.4) is 0 Å². The molecule has 32 heavy (non-hydrogen) atoms. The summed E-state index contributed by atoms with van der Waals surface area (Å²) in [5.74, 6) is 2.11. The van der Waals surface area contributed by atoms with Crippen LogP contribution < -0.4 is 9.62 Å². The number of carbonyl (C=O) groups is 1. The lowest BCUT2D eigenvalue weighted by Gasteiger charge is -2.57. The monoisotopic (exact) mass is 472 g/mol. The number of anilines is 2. The van der Waals surface area contributed by atoms with Crippen LogP contribution in [0, 0.1) is 17.8 Å². The fraction of sp³-hybridized carbons (Fsp3) is 0.480. The van der Waals surface area contributed by atoms with Crippen molar-refractivity contribution in [1.29, 1.82) is 0 Å². The topological polar surface area (TPSA) is 66.5 Å². The zero-order valence-corrected chi connectivity index (χ0v) is 19.8. The Balaban J connectivity index is 1.36. The second kappa shape index (κ2) is 8.07. The average Bonchev–Trinajstić information content (AvgIpc) is 2.72. The number of amides is 1. The van der Waals surface area contributed by atoms with Crippen molar-refractivity contribution in [3.8, 4) is 0 Å². The van der Waals surface area contributed by atoms with E-state index in [1.165, 1.54) is 44.1 Å². The summed E-state index contributed by atoms with van der Waals surface area (Å²) < 4.78 is 26.2. The number of benzene rings is 2. The van der Waals surface area contributed by atoms with E-state index in [0.717, 1.165) is 28.3 Å². The molecule has 0 atom stereocenters. The van der Waals surface area contributed by atoms with Crippen LogP contribution in [-0.2, 0) is 20.2 Å². The molecule has 0 saturated heterocycles. The van der Waals surface area contributed by atoms with Gasteiger partial charge in [0.1, 0.15) is 6.54 Å². The lowest BCUT2D eigenvalue weighted by molar-refractivity contribution is -0.114. The SMILES string of the molecule is CS(=O)(=O)N(CC(=O)Nc1ccccc1Cl)c1ccc(C23CC4CC(CC(C4)C2)C3)cc1. The largest absolute Gasteiger partial charge is 0.323 e. The predicted octanol–water partition coefficient (Wildman–Crippen LogP) is 5.21. The van der Waals surface area contributed by atoms with Gasteiger partial charge < -0.3 is 5.32 Å². The molecule has 2 aromatic rings. The second-order valence-electron chi connectivity index (χ2n) is 10.0. The molecule has 1 amide bonds. The van der Waals surface area contributed by atoms with Crippen molar-refractivity contribution in [2.75, 3.05) is 22.4 Å². The van der Waals surface area contributed by atoms with Crippen molar-refractivity contribution in [2.24, 2.45) is 17.8 Å². The van der Waals surface area contributed by atoms with Gasteiger partial charge in [-0.2, -0.15) is 0 Å². The molecular formula is C25H29ClN2O3S. The molecule has 4 aliphatic carbocycles. The van der Waals surface area contributed by atoms with Gasteiger partial charge in [-0.3, -0.25) is 9.10 Å². The number of para-hydroxylation sites is 1. The third-order valence-corrected chi connectivity index (χ3v) is 9.11. The first-order valence-electron chi connectivity index (χ1n) is 11.3. The van der Waals surface area contributed by atoms with E-state index in [-0.39, 0.29) is 12.0 Å². The van der Waals surface area contributed by atoms with Crippen molar-refractivity contribution in [3.05, 3.63) is 59.1 Å². The third kappa shape index (κ3) is 4.15. The lowest BCUT2D eigenvalue weighted by Crippen LogP contribution is -2.48. The van der Waals surface area contributed by atoms with E-state index in [2.05, 4.69) is 17.4 Å². The smallest absolute Gasteiger partial charge is 0.245 e. The fourth-order valence-electron chi connectivity index (χ4n) is 6.73. The van der Waals surface area contributed by atoms with Gasteiger partial charge in [0.25, 0.3) is 0 Å². The summed E-state index contributed by atoms with van der Waals surface area (Å²) in [6.07, 6.45) is 9.07. The summed E-state index contributed by atoms with van der Waals surface area (Å²) in [7, 11) is -3.63. The van der Waals surface area contributed by atoms with Crippen molar-refractivity contribution in [2.45, 2.75) is 43.9 Å². The molecule has 7 heteroatoms. The molecule has 0 heterocycles. The van der Waals surface area contributed by atoms with E-state index in [1.807, 2.05) is 12.1 Å². The number of sulfonamides is 1. The number of nitrogens with one attached hydrogen (secondary N) is 1. The number of hydrogen-bond donors (Lipinski definition) is 1. The van der Waals surface area contributed by atoms with Crippen molar-refractivity contribution >= 4 is 38.9 Å². The first-order valence-corrected chi connectivity index (χ1v) is 13.6. The molecule has 1 N–H and O–H groups in total. The van der Waals surface area contributed by atoms with Crippen LogP contribution in [0.1, 0.15) is 44.1 Å². The number of hydrogen-bond acceptors (Lipinski definition) is 3. The molecule has 170 valence electrons. The molecular weight excluding hydrogens is 444 g/mol. The number of nitrogens with zero attached hydrogens (tertiary/aromatic N) is 1. The molecule has 5 nitrogen and oxygen atoms in total. The van der Waals surface area contributed by atoms with E-state index in [0.29, 0.717) is 16.4 Å². The van der Waals surface area contributed by atoms with E-state index in [1.54, 1.807) is 24.3 Å². The van der Waals surface area contributed by atoms with Crippen molar-refractivity contribution in [1.82, 2.24) is 0 Å². The van der Waals surface area contributed by atoms with Crippen LogP contribution in [0.15, 0.2) is 48.5 Å². The number of rotatable bonds is 6. The molecule has 6 rings (SSSR count). The number of carbonyl (C=O) groups excluding carboxylic acids is 1. The minimum absolute atomic E-state index is 0.255. The molecule has 0 unspecified atom stereocenters. The van der Waals surface area contributed by atoms with Gasteiger partial charge in [0.05, 0.1) is 22.7 Å². The van der Waals surface area contributed by atoms with Gasteiger partial charge in [0.15, 0.2) is 0 Å². The maximum Gasteiger partial charge on any atom is 0.245 e. The average molecular weight is 473 g/mol. The Hall–Kier alpha value is -2.05. The van der Waals surface area contributed by atoms with Crippen molar-refractivity contribution in [3.63, 3.8) is 0 Å². The summed E-state index contributed by atoms with van der Waals surface area (Å²) in [6, 6.07) is 14.8. The molecule has 0 aromatic heterocycles. The summed E-state index contributed by atoms with van der Waals surface area (Å²) in [4.78, 5) is 12.6. The molecule has 2 aromatic carbocycles. The Morgan fingerprint density at radius 3 is 2.09 bits per heavy atom. The summed E-state index contributed by atoms with van der Waals surface area (Å²) in [5.41, 5.74) is 2.55. The summed E-state index contributed by atoms with van der Waals surface area (Å²) >= 11 is 6.11. The molecule has 0 aliphatic heterocycles. The Morgan fingerprint density at radius 1 is 1.00 bits per heavy atom. The first-order chi connectivity index (χ1) is 15.2. The zero-order chi connectivity index (χ0) is 22.5. The van der Waals surface area contributed by atoms with Gasteiger partial charge in [0, 0.05) is 0 Å².